The van der Waals surface area contributed by atoms with Gasteiger partial charge in [0.25, 0.3) is 0 Å². The minimum absolute atomic E-state index is 0.0312. The maximum atomic E-state index is 2.34. The lowest BCUT2D eigenvalue weighted by Gasteiger charge is -2.10. The highest BCUT2D eigenvalue weighted by Crippen LogP contribution is 2.38. The summed E-state index contributed by atoms with van der Waals surface area (Å²) in [4.78, 5) is 20.7. The molecule has 15 aromatic rings. The largest absolute Gasteiger partial charge is 0.169 e. The highest BCUT2D eigenvalue weighted by Gasteiger charge is 2.33. The van der Waals surface area contributed by atoms with Gasteiger partial charge < -0.3 is 0 Å². The Kier molecular flexibility index (Phi) is 32.9. The molecule has 0 spiro atoms. The van der Waals surface area contributed by atoms with Crippen molar-refractivity contribution in [1.82, 2.24) is 0 Å². The van der Waals surface area contributed by atoms with Gasteiger partial charge in [0.1, 0.15) is 0 Å². The van der Waals surface area contributed by atoms with E-state index in [1.165, 1.54) is 163 Å². The molecule has 0 N–H and O–H groups in total. The predicted molar refractivity (Wildman–Crippen MR) is 487 cm³/mol. The number of unbranched alkanes of at least 4 members (excludes halogenated alkanes) is 5. The SMILES string of the molecule is CC(C)c1ccc([S+](c2ccccc2)c2ccccc2)cc1.CCCCCCCCc1ccc([S+](c2ccccc2)c2ccccc2)cc1.Cc1cc(C)cc([S+](c2ccccc2)c2ccccc2)c1.Cc1ccc([S+](c2ccccc2)c2ccc(C)cc2)cc1.Cc1ccc([S+](c2ccccc2)c2ccccc2)c(C)c1. The van der Waals surface area contributed by atoms with E-state index in [9.17, 15) is 0 Å². The fourth-order valence-corrected chi connectivity index (χ4v) is 24.1. The second kappa shape index (κ2) is 44.3. The molecule has 562 valence electrons. The lowest BCUT2D eigenvalue weighted by Crippen LogP contribution is -2.06. The first-order valence-electron chi connectivity index (χ1n) is 39.5. The van der Waals surface area contributed by atoms with Crippen LogP contribution < -0.4 is 0 Å². The second-order valence-corrected chi connectivity index (χ2v) is 38.6. The van der Waals surface area contributed by atoms with Gasteiger partial charge >= 0.3 is 0 Å². The number of hydrogen-bond acceptors (Lipinski definition) is 0. The van der Waals surface area contributed by atoms with Crippen molar-refractivity contribution < 1.29 is 0 Å². The van der Waals surface area contributed by atoms with Crippen LogP contribution in [0.4, 0.5) is 0 Å². The van der Waals surface area contributed by atoms with Gasteiger partial charge in [-0.15, -0.1) is 0 Å². The van der Waals surface area contributed by atoms with Crippen molar-refractivity contribution in [1.29, 1.82) is 0 Å². The highest BCUT2D eigenvalue weighted by molar-refractivity contribution is 7.98. The van der Waals surface area contributed by atoms with E-state index in [0.29, 0.717) is 5.92 Å². The van der Waals surface area contributed by atoms with Crippen molar-refractivity contribution in [3.8, 4) is 0 Å². The van der Waals surface area contributed by atoms with Gasteiger partial charge in [-0.1, -0.05) is 300 Å². The summed E-state index contributed by atoms with van der Waals surface area (Å²) in [5.74, 6) is 0.573. The smallest absolute Gasteiger partial charge is 0.0654 e. The molecule has 0 aliphatic rings. The minimum Gasteiger partial charge on any atom is -0.0654 e. The molecule has 0 saturated carbocycles. The Bertz CT molecular complexity index is 4900. The van der Waals surface area contributed by atoms with Crippen LogP contribution in [-0.2, 0) is 60.9 Å². The minimum atomic E-state index is -0.0361. The van der Waals surface area contributed by atoms with Crippen LogP contribution in [0.1, 0.15) is 110 Å². The zero-order chi connectivity index (χ0) is 78.1. The Balaban J connectivity index is 0.000000139. The standard InChI is InChI=1S/C26H31S.C21H21S.3C20H19S/c1-2-3-4-5-6-9-14-23-19-21-26(22-20-23)27(24-15-10-7-11-16-24)25-17-12-8-13-18-25;1-17(2)18-13-15-21(16-14-18)22(19-9-5-3-6-10-19)20-11-7-4-8-12-20;1-16-13-17(2)15-20(14-16)21(18-9-5-3-6-10-18)19-11-7-4-8-12-19;1-16-13-14-20(17(2)15-16)21(18-9-5-3-6-10-18)19-11-7-4-8-12-19;1-16-8-12-19(13-9-16)21(18-6-4-3-5-7-18)20-14-10-17(2)11-15-20/h7-8,10-13,15-22H,2-6,9,14H2,1H3;3-17H,1-2H3;3*3-15H,1-2H3/q5*+1. The average Bonchev–Trinajstić information content (AvgIpc) is 0.865. The molecule has 0 atom stereocenters. The normalized spacial score (nSPS) is 10.9. The van der Waals surface area contributed by atoms with Crippen LogP contribution in [0.25, 0.3) is 0 Å². The zero-order valence-corrected chi connectivity index (χ0v) is 70.8. The summed E-state index contributed by atoms with van der Waals surface area (Å²) < 4.78 is 0. The Morgan fingerprint density at radius 2 is 0.455 bits per heavy atom. The van der Waals surface area contributed by atoms with Crippen LogP contribution in [0.15, 0.2) is 480 Å². The van der Waals surface area contributed by atoms with Crippen LogP contribution >= 0.6 is 0 Å². The van der Waals surface area contributed by atoms with Crippen LogP contribution in [0, 0.1) is 41.5 Å². The van der Waals surface area contributed by atoms with Gasteiger partial charge in [0.15, 0.2) is 73.4 Å². The van der Waals surface area contributed by atoms with Crippen molar-refractivity contribution in [3.63, 3.8) is 0 Å². The maximum Gasteiger partial charge on any atom is 0.169 e. The van der Waals surface area contributed by atoms with Crippen molar-refractivity contribution in [2.45, 2.75) is 187 Å². The van der Waals surface area contributed by atoms with Gasteiger partial charge in [-0.3, -0.25) is 0 Å². The lowest BCUT2D eigenvalue weighted by atomic mass is 10.0. The van der Waals surface area contributed by atoms with E-state index < -0.39 is 0 Å². The van der Waals surface area contributed by atoms with E-state index in [0.717, 1.165) is 0 Å². The van der Waals surface area contributed by atoms with E-state index in [1.807, 2.05) is 0 Å². The van der Waals surface area contributed by atoms with Crippen LogP contribution in [0.2, 0.25) is 0 Å². The summed E-state index contributed by atoms with van der Waals surface area (Å²) in [6.45, 7) is 19.7. The van der Waals surface area contributed by atoms with E-state index >= 15 is 0 Å². The number of benzene rings is 15. The molecule has 15 rings (SSSR count). The van der Waals surface area contributed by atoms with E-state index in [2.05, 4.69) is 469 Å². The molecular formula is C107H109S5+5. The number of hydrogen-bond donors (Lipinski definition) is 0. The Morgan fingerprint density at radius 3 is 0.750 bits per heavy atom. The molecule has 112 heavy (non-hydrogen) atoms. The second-order valence-electron chi connectivity index (χ2n) is 28.5. The van der Waals surface area contributed by atoms with Gasteiger partial charge in [-0.2, -0.15) is 0 Å². The van der Waals surface area contributed by atoms with E-state index in [1.54, 1.807) is 0 Å². The Labute approximate surface area is 686 Å². The Morgan fingerprint density at radius 1 is 0.205 bits per heavy atom. The molecule has 0 aliphatic heterocycles. The molecule has 0 unspecified atom stereocenters. The molecule has 0 radical (unpaired) electrons. The first-order chi connectivity index (χ1) is 54.9. The molecular weight excluding hydrogens is 1450 g/mol. The van der Waals surface area contributed by atoms with Gasteiger partial charge in [-0.05, 0) is 258 Å². The van der Waals surface area contributed by atoms with Crippen molar-refractivity contribution in [2.24, 2.45) is 0 Å². The lowest BCUT2D eigenvalue weighted by molar-refractivity contribution is 0.607. The molecule has 0 saturated heterocycles. The van der Waals surface area contributed by atoms with E-state index in [4.69, 9.17) is 0 Å². The van der Waals surface area contributed by atoms with Gasteiger partial charge in [0.05, 0.1) is 54.5 Å². The topological polar surface area (TPSA) is 0 Å². The van der Waals surface area contributed by atoms with Crippen LogP contribution in [0.5, 0.6) is 0 Å². The average molecular weight is 1560 g/mol. The molecule has 0 aliphatic carbocycles. The van der Waals surface area contributed by atoms with Crippen molar-refractivity contribution in [2.75, 3.05) is 0 Å². The van der Waals surface area contributed by atoms with E-state index in [-0.39, 0.29) is 54.5 Å². The molecule has 0 amide bonds. The summed E-state index contributed by atoms with van der Waals surface area (Å²) in [6.07, 6.45) is 9.37. The fourth-order valence-electron chi connectivity index (χ4n) is 13.4. The summed E-state index contributed by atoms with van der Waals surface area (Å²) >= 11 is 0. The van der Waals surface area contributed by atoms with Gasteiger partial charge in [-0.25, -0.2) is 0 Å². The zero-order valence-electron chi connectivity index (χ0n) is 66.8. The summed E-state index contributed by atoms with van der Waals surface area (Å²) in [7, 11) is -0.171. The first kappa shape index (κ1) is 83.0. The highest BCUT2D eigenvalue weighted by atomic mass is 32.2. The van der Waals surface area contributed by atoms with Gasteiger partial charge in [0.2, 0.25) is 0 Å². The molecule has 15 aromatic carbocycles. The van der Waals surface area contributed by atoms with Crippen molar-refractivity contribution >= 4 is 54.5 Å². The monoisotopic (exact) mass is 1550 g/mol. The van der Waals surface area contributed by atoms with Crippen LogP contribution in [-0.4, -0.2) is 0 Å². The predicted octanol–water partition coefficient (Wildman–Crippen LogP) is 29.8. The number of aryl methyl sites for hydroxylation is 7. The molecule has 0 aromatic heterocycles. The molecule has 0 heterocycles. The summed E-state index contributed by atoms with van der Waals surface area (Å²) in [5.41, 5.74) is 10.8. The molecule has 0 nitrogen and oxygen atoms in total. The van der Waals surface area contributed by atoms with Crippen molar-refractivity contribution in [3.05, 3.63) is 451 Å². The molecule has 0 fully saturated rings. The third-order valence-electron chi connectivity index (χ3n) is 19.1. The summed E-state index contributed by atoms with van der Waals surface area (Å²) in [6, 6.07) is 147. The maximum absolute atomic E-state index is 2.34. The van der Waals surface area contributed by atoms with Gasteiger partial charge in [0, 0.05) is 5.56 Å². The van der Waals surface area contributed by atoms with Crippen LogP contribution in [0.3, 0.4) is 0 Å². The quantitative estimate of drug-likeness (QED) is 0.0442. The summed E-state index contributed by atoms with van der Waals surface area (Å²) in [5, 5.41) is 0. The fraction of sp³-hybridized carbons (Fsp3) is 0.159. The molecule has 5 heteroatoms. The Hall–Kier alpha value is -9.95. The first-order valence-corrected chi connectivity index (χ1v) is 45.6. The third-order valence-corrected chi connectivity index (χ3v) is 30.3. The molecule has 0 bridgehead atoms. The number of rotatable bonds is 23. The third kappa shape index (κ3) is 24.8.